The van der Waals surface area contributed by atoms with Crippen molar-refractivity contribution in [2.75, 3.05) is 20.8 Å². The molecule has 1 aromatic heterocycles. The van der Waals surface area contributed by atoms with Gasteiger partial charge in [0.05, 0.1) is 0 Å². The molecule has 0 bridgehead atoms. The first-order valence-corrected chi connectivity index (χ1v) is 5.71. The number of methoxy groups -OCH3 is 2. The van der Waals surface area contributed by atoms with Gasteiger partial charge in [-0.3, -0.25) is 0 Å². The molecular formula is C12H22N2O2. The van der Waals surface area contributed by atoms with Gasteiger partial charge in [0, 0.05) is 46.2 Å². The van der Waals surface area contributed by atoms with E-state index in [1.165, 1.54) is 5.56 Å². The third-order valence-electron chi connectivity index (χ3n) is 2.46. The molecule has 0 spiro atoms. The van der Waals surface area contributed by atoms with Gasteiger partial charge in [-0.05, 0) is 18.1 Å². The minimum atomic E-state index is -0.169. The Morgan fingerprint density at radius 2 is 2.12 bits per heavy atom. The minimum Gasteiger partial charge on any atom is -0.355 e. The molecule has 0 aliphatic heterocycles. The van der Waals surface area contributed by atoms with Gasteiger partial charge >= 0.3 is 0 Å². The first-order valence-electron chi connectivity index (χ1n) is 5.71. The lowest BCUT2D eigenvalue weighted by atomic mass is 10.3. The molecule has 4 heteroatoms. The summed E-state index contributed by atoms with van der Waals surface area (Å²) in [6.07, 6.45) is 5.28. The van der Waals surface area contributed by atoms with Crippen LogP contribution in [0, 0.1) is 0 Å². The van der Waals surface area contributed by atoms with Gasteiger partial charge in [0.1, 0.15) is 0 Å². The number of hydrogen-bond donors (Lipinski definition) is 1. The molecule has 0 unspecified atom stereocenters. The number of aromatic nitrogens is 1. The summed E-state index contributed by atoms with van der Waals surface area (Å²) < 4.78 is 12.4. The van der Waals surface area contributed by atoms with Gasteiger partial charge in [-0.2, -0.15) is 0 Å². The Labute approximate surface area is 97.5 Å². The molecule has 92 valence electrons. The highest BCUT2D eigenvalue weighted by atomic mass is 16.7. The Bertz CT molecular complexity index is 282. The Hall–Kier alpha value is -0.840. The molecule has 16 heavy (non-hydrogen) atoms. The van der Waals surface area contributed by atoms with Crippen molar-refractivity contribution in [1.82, 2.24) is 9.88 Å². The molecule has 0 radical (unpaired) electrons. The molecule has 0 saturated heterocycles. The Kier molecular flexibility index (Phi) is 6.15. The van der Waals surface area contributed by atoms with E-state index in [-0.39, 0.29) is 6.29 Å². The number of nitrogens with one attached hydrogen (secondary N) is 1. The first kappa shape index (κ1) is 13.2. The van der Waals surface area contributed by atoms with Crippen LogP contribution < -0.4 is 5.32 Å². The number of ether oxygens (including phenoxy) is 2. The Balaban J connectivity index is 2.25. The quantitative estimate of drug-likeness (QED) is 0.684. The topological polar surface area (TPSA) is 35.4 Å². The fourth-order valence-corrected chi connectivity index (χ4v) is 1.59. The Morgan fingerprint density at radius 3 is 2.75 bits per heavy atom. The summed E-state index contributed by atoms with van der Waals surface area (Å²) >= 11 is 0. The van der Waals surface area contributed by atoms with Gasteiger partial charge in [0.2, 0.25) is 0 Å². The lowest BCUT2D eigenvalue weighted by Gasteiger charge is -2.13. The molecule has 0 aromatic carbocycles. The molecule has 0 fully saturated rings. The molecule has 1 N–H and O–H groups in total. The van der Waals surface area contributed by atoms with Crippen LogP contribution in [0.4, 0.5) is 0 Å². The van der Waals surface area contributed by atoms with Crippen molar-refractivity contribution in [3.63, 3.8) is 0 Å². The fraction of sp³-hybridized carbons (Fsp3) is 0.667. The molecule has 1 heterocycles. The van der Waals surface area contributed by atoms with Gasteiger partial charge in [-0.1, -0.05) is 6.92 Å². The van der Waals surface area contributed by atoms with Crippen LogP contribution in [0.2, 0.25) is 0 Å². The minimum absolute atomic E-state index is 0.169. The number of nitrogens with zero attached hydrogens (tertiary/aromatic N) is 1. The summed E-state index contributed by atoms with van der Waals surface area (Å²) in [5.74, 6) is 0. The molecule has 0 aliphatic carbocycles. The van der Waals surface area contributed by atoms with E-state index in [4.69, 9.17) is 9.47 Å². The first-order chi connectivity index (χ1) is 7.80. The highest BCUT2D eigenvalue weighted by Crippen LogP contribution is 2.02. The Morgan fingerprint density at radius 1 is 1.38 bits per heavy atom. The molecule has 0 amide bonds. The molecule has 1 aromatic rings. The van der Waals surface area contributed by atoms with Gasteiger partial charge in [-0.25, -0.2) is 0 Å². The van der Waals surface area contributed by atoms with Crippen LogP contribution in [0.1, 0.15) is 18.9 Å². The second-order valence-electron chi connectivity index (χ2n) is 3.79. The second-order valence-corrected chi connectivity index (χ2v) is 3.79. The van der Waals surface area contributed by atoms with E-state index >= 15 is 0 Å². The van der Waals surface area contributed by atoms with Crippen molar-refractivity contribution in [2.24, 2.45) is 0 Å². The van der Waals surface area contributed by atoms with Crippen molar-refractivity contribution >= 4 is 0 Å². The SMILES string of the molecule is CCCn1ccc(CNCC(OC)OC)c1. The summed E-state index contributed by atoms with van der Waals surface area (Å²) in [5, 5.41) is 3.30. The van der Waals surface area contributed by atoms with E-state index in [9.17, 15) is 0 Å². The molecule has 4 nitrogen and oxygen atoms in total. The van der Waals surface area contributed by atoms with Gasteiger partial charge in [0.15, 0.2) is 6.29 Å². The summed E-state index contributed by atoms with van der Waals surface area (Å²) in [5.41, 5.74) is 1.29. The predicted molar refractivity (Wildman–Crippen MR) is 64.2 cm³/mol. The summed E-state index contributed by atoms with van der Waals surface area (Å²) in [7, 11) is 3.29. The highest BCUT2D eigenvalue weighted by molar-refractivity contribution is 5.09. The smallest absolute Gasteiger partial charge is 0.169 e. The van der Waals surface area contributed by atoms with E-state index in [1.807, 2.05) is 0 Å². The van der Waals surface area contributed by atoms with Crippen molar-refractivity contribution in [3.05, 3.63) is 24.0 Å². The third kappa shape index (κ3) is 4.35. The zero-order valence-electron chi connectivity index (χ0n) is 10.4. The molecule has 0 saturated carbocycles. The van der Waals surface area contributed by atoms with Gasteiger partial charge < -0.3 is 19.4 Å². The van der Waals surface area contributed by atoms with Crippen molar-refractivity contribution in [1.29, 1.82) is 0 Å². The van der Waals surface area contributed by atoms with Crippen LogP contribution in [0.3, 0.4) is 0 Å². The third-order valence-corrected chi connectivity index (χ3v) is 2.46. The zero-order chi connectivity index (χ0) is 11.8. The van der Waals surface area contributed by atoms with E-state index in [2.05, 4.69) is 35.3 Å². The lowest BCUT2D eigenvalue weighted by Crippen LogP contribution is -2.29. The molecule has 0 aliphatic rings. The standard InChI is InChI=1S/C12H22N2O2/c1-4-6-14-7-5-11(10-14)8-13-9-12(15-2)16-3/h5,7,10,12-13H,4,6,8-9H2,1-3H3. The van der Waals surface area contributed by atoms with E-state index in [0.29, 0.717) is 6.54 Å². The van der Waals surface area contributed by atoms with E-state index < -0.39 is 0 Å². The maximum absolute atomic E-state index is 5.09. The molecule has 1 rings (SSSR count). The second kappa shape index (κ2) is 7.44. The predicted octanol–water partition coefficient (Wildman–Crippen LogP) is 1.61. The van der Waals surface area contributed by atoms with Crippen LogP contribution >= 0.6 is 0 Å². The maximum Gasteiger partial charge on any atom is 0.169 e. The lowest BCUT2D eigenvalue weighted by molar-refractivity contribution is -0.0989. The maximum atomic E-state index is 5.09. The van der Waals surface area contributed by atoms with Crippen LogP contribution in [-0.2, 0) is 22.6 Å². The highest BCUT2D eigenvalue weighted by Gasteiger charge is 2.03. The van der Waals surface area contributed by atoms with Crippen molar-refractivity contribution < 1.29 is 9.47 Å². The monoisotopic (exact) mass is 226 g/mol. The van der Waals surface area contributed by atoms with Crippen molar-refractivity contribution in [2.45, 2.75) is 32.7 Å². The van der Waals surface area contributed by atoms with Crippen LogP contribution in [0.15, 0.2) is 18.5 Å². The summed E-state index contributed by atoms with van der Waals surface area (Å²) in [6, 6.07) is 2.14. The van der Waals surface area contributed by atoms with Crippen LogP contribution in [0.5, 0.6) is 0 Å². The average Bonchev–Trinajstić information content (AvgIpc) is 2.73. The number of rotatable bonds is 8. The normalized spacial score (nSPS) is 11.2. The summed E-state index contributed by atoms with van der Waals surface area (Å²) in [6.45, 7) is 4.81. The number of hydrogen-bond acceptors (Lipinski definition) is 3. The fourth-order valence-electron chi connectivity index (χ4n) is 1.59. The zero-order valence-corrected chi connectivity index (χ0v) is 10.4. The van der Waals surface area contributed by atoms with E-state index in [1.54, 1.807) is 14.2 Å². The average molecular weight is 226 g/mol. The van der Waals surface area contributed by atoms with E-state index in [0.717, 1.165) is 19.5 Å². The van der Waals surface area contributed by atoms with Crippen molar-refractivity contribution in [3.8, 4) is 0 Å². The molecule has 0 atom stereocenters. The van der Waals surface area contributed by atoms with Crippen LogP contribution in [0.25, 0.3) is 0 Å². The molecular weight excluding hydrogens is 204 g/mol. The summed E-state index contributed by atoms with van der Waals surface area (Å²) in [4.78, 5) is 0. The van der Waals surface area contributed by atoms with Gasteiger partial charge in [0.25, 0.3) is 0 Å². The van der Waals surface area contributed by atoms with Crippen LogP contribution in [-0.4, -0.2) is 31.6 Å². The largest absolute Gasteiger partial charge is 0.355 e. The van der Waals surface area contributed by atoms with Gasteiger partial charge in [-0.15, -0.1) is 0 Å². The number of aryl methyl sites for hydroxylation is 1.